The van der Waals surface area contributed by atoms with Crippen molar-refractivity contribution in [1.29, 1.82) is 0 Å². The Bertz CT molecular complexity index is 1840. The van der Waals surface area contributed by atoms with E-state index in [2.05, 4.69) is 4.98 Å². The second-order valence-electron chi connectivity index (χ2n) is 14.6. The van der Waals surface area contributed by atoms with Gasteiger partial charge in [-0.1, -0.05) is 88.5 Å². The monoisotopic (exact) mass is 688 g/mol. The van der Waals surface area contributed by atoms with E-state index < -0.39 is 59.5 Å². The van der Waals surface area contributed by atoms with E-state index in [1.54, 1.807) is 45.4 Å². The average Bonchev–Trinajstić information content (AvgIpc) is 3.41. The lowest BCUT2D eigenvalue weighted by molar-refractivity contribution is -0.207. The molecule has 3 aromatic carbocycles. The standard InChI is InChI=1S/C38H48N2O8Si/c1-25-23-40(34(44)39-32(25)42)31-22-37(45,49(7,8)35(2,3)4)36(24-41,48-31)33(43)38(26-12-10-9-11-13-26,27-14-18-29(46-5)19-15-27)28-16-20-30(47-6)21-17-28/h9-21,23,31,33,41,43,45H,22,24H2,1-8H3,(H,39,42,44)/t31-,33?,36-,37-/m1/s1. The van der Waals surface area contributed by atoms with E-state index in [9.17, 15) is 24.9 Å². The van der Waals surface area contributed by atoms with Crippen LogP contribution in [0, 0.1) is 6.92 Å². The fraction of sp³-hybridized carbons (Fsp3) is 0.421. The Kier molecular flexibility index (Phi) is 9.65. The molecule has 0 radical (unpaired) electrons. The van der Waals surface area contributed by atoms with Crippen LogP contribution in [0.15, 0.2) is 94.6 Å². The zero-order valence-corrected chi connectivity index (χ0v) is 30.5. The number of methoxy groups -OCH3 is 2. The third-order valence-corrected chi connectivity index (χ3v) is 17.7. The average molecular weight is 689 g/mol. The van der Waals surface area contributed by atoms with Crippen molar-refractivity contribution in [1.82, 2.24) is 9.55 Å². The summed E-state index contributed by atoms with van der Waals surface area (Å²) in [6.07, 6.45) is -1.51. The topological polar surface area (TPSA) is 143 Å². The molecule has 1 saturated heterocycles. The summed E-state index contributed by atoms with van der Waals surface area (Å²) < 4.78 is 19.1. The van der Waals surface area contributed by atoms with E-state index in [4.69, 9.17) is 14.2 Å². The number of nitrogens with one attached hydrogen (secondary N) is 1. The summed E-state index contributed by atoms with van der Waals surface area (Å²) in [6.45, 7) is 10.9. The molecular formula is C38H48N2O8Si. The van der Waals surface area contributed by atoms with Crippen LogP contribution < -0.4 is 20.7 Å². The van der Waals surface area contributed by atoms with Crippen LogP contribution in [0.3, 0.4) is 0 Å². The summed E-state index contributed by atoms with van der Waals surface area (Å²) in [5.41, 5.74) is -2.53. The van der Waals surface area contributed by atoms with Crippen LogP contribution >= 0.6 is 0 Å². The molecule has 1 aromatic heterocycles. The van der Waals surface area contributed by atoms with Gasteiger partial charge in [0.15, 0.2) is 0 Å². The van der Waals surface area contributed by atoms with Crippen molar-refractivity contribution >= 4 is 8.07 Å². The number of aliphatic hydroxyl groups is 3. The van der Waals surface area contributed by atoms with Crippen molar-refractivity contribution in [2.24, 2.45) is 0 Å². The zero-order chi connectivity index (χ0) is 36.0. The van der Waals surface area contributed by atoms with Gasteiger partial charge >= 0.3 is 5.69 Å². The number of aromatic amines is 1. The summed E-state index contributed by atoms with van der Waals surface area (Å²) in [7, 11) is 0.0888. The first-order chi connectivity index (χ1) is 23.0. The molecule has 0 spiro atoms. The molecule has 1 unspecified atom stereocenters. The molecule has 10 nitrogen and oxygen atoms in total. The minimum atomic E-state index is -3.06. The second-order valence-corrected chi connectivity index (χ2v) is 20.1. The van der Waals surface area contributed by atoms with E-state index in [0.717, 1.165) is 0 Å². The largest absolute Gasteiger partial charge is 0.497 e. The van der Waals surface area contributed by atoms with Crippen molar-refractivity contribution in [3.63, 3.8) is 0 Å². The van der Waals surface area contributed by atoms with Gasteiger partial charge in [-0.15, -0.1) is 0 Å². The Hall–Kier alpha value is -4.00. The predicted molar refractivity (Wildman–Crippen MR) is 191 cm³/mol. The van der Waals surface area contributed by atoms with Crippen LogP contribution in [0.1, 0.15) is 55.7 Å². The minimum Gasteiger partial charge on any atom is -0.497 e. The molecule has 1 aliphatic heterocycles. The maximum absolute atomic E-state index is 13.5. The molecule has 0 amide bonds. The second kappa shape index (κ2) is 13.0. The van der Waals surface area contributed by atoms with Gasteiger partial charge in [-0.25, -0.2) is 4.79 Å². The number of aryl methyl sites for hydroxylation is 1. The number of rotatable bonds is 10. The maximum atomic E-state index is 13.5. The molecule has 11 heteroatoms. The Morgan fingerprint density at radius 3 is 1.86 bits per heavy atom. The van der Waals surface area contributed by atoms with Gasteiger partial charge in [0.05, 0.1) is 39.5 Å². The number of ether oxygens (including phenoxy) is 3. The molecule has 1 aliphatic rings. The van der Waals surface area contributed by atoms with E-state index >= 15 is 0 Å². The molecule has 4 aromatic rings. The van der Waals surface area contributed by atoms with Crippen LogP contribution in [-0.4, -0.2) is 70.7 Å². The smallest absolute Gasteiger partial charge is 0.330 e. The lowest BCUT2D eigenvalue weighted by Gasteiger charge is -2.58. The number of hydrogen-bond acceptors (Lipinski definition) is 8. The normalized spacial score (nSPS) is 22.1. The van der Waals surface area contributed by atoms with Crippen LogP contribution in [0.5, 0.6) is 11.5 Å². The van der Waals surface area contributed by atoms with Crippen LogP contribution in [0.25, 0.3) is 0 Å². The van der Waals surface area contributed by atoms with Gasteiger partial charge < -0.3 is 29.5 Å². The predicted octanol–water partition coefficient (Wildman–Crippen LogP) is 4.69. The lowest BCUT2D eigenvalue weighted by Crippen LogP contribution is -2.76. The number of nitrogens with zero attached hydrogens (tertiary/aromatic N) is 1. The highest BCUT2D eigenvalue weighted by molar-refractivity contribution is 6.83. The van der Waals surface area contributed by atoms with Gasteiger partial charge in [0.2, 0.25) is 0 Å². The SMILES string of the molecule is COc1ccc(C(c2ccccc2)(c2ccc(OC)cc2)C(O)[C@@]2(CO)O[C@@H](n3cc(C)c(=O)[nH]c3=O)C[C@@]2(O)[Si](C)(C)C(C)(C)C)cc1. The molecule has 0 aliphatic carbocycles. The summed E-state index contributed by atoms with van der Waals surface area (Å²) in [6, 6.07) is 24.1. The van der Waals surface area contributed by atoms with Gasteiger partial charge in [0, 0.05) is 18.2 Å². The van der Waals surface area contributed by atoms with Gasteiger partial charge in [-0.3, -0.25) is 14.3 Å². The highest BCUT2D eigenvalue weighted by Gasteiger charge is 2.74. The first-order valence-corrected chi connectivity index (χ1v) is 19.4. The Morgan fingerprint density at radius 1 is 0.918 bits per heavy atom. The summed E-state index contributed by atoms with van der Waals surface area (Å²) in [5, 5.41) is 36.4. The van der Waals surface area contributed by atoms with Crippen molar-refractivity contribution < 1.29 is 29.5 Å². The first kappa shape index (κ1) is 36.3. The van der Waals surface area contributed by atoms with E-state index in [1.807, 2.05) is 88.5 Å². The number of hydrogen-bond donors (Lipinski definition) is 4. The fourth-order valence-corrected chi connectivity index (χ4v) is 10.7. The van der Waals surface area contributed by atoms with Crippen LogP contribution in [-0.2, 0) is 10.2 Å². The van der Waals surface area contributed by atoms with Crippen LogP contribution in [0.4, 0.5) is 0 Å². The summed E-state index contributed by atoms with van der Waals surface area (Å²) in [4.78, 5) is 28.0. The highest BCUT2D eigenvalue weighted by Crippen LogP contribution is 2.60. The molecule has 1 fully saturated rings. The number of aliphatic hydroxyl groups excluding tert-OH is 2. The molecule has 5 rings (SSSR count). The van der Waals surface area contributed by atoms with Crippen molar-refractivity contribution in [3.8, 4) is 11.5 Å². The first-order valence-electron chi connectivity index (χ1n) is 16.4. The quantitative estimate of drug-likeness (QED) is 0.139. The summed E-state index contributed by atoms with van der Waals surface area (Å²) >= 11 is 0. The van der Waals surface area contributed by atoms with Crippen molar-refractivity contribution in [2.45, 2.75) is 80.8 Å². The Labute approximate surface area is 288 Å². The van der Waals surface area contributed by atoms with Gasteiger partial charge in [-0.05, 0) is 52.9 Å². The lowest BCUT2D eigenvalue weighted by atomic mass is 9.61. The molecule has 0 saturated carbocycles. The van der Waals surface area contributed by atoms with Crippen molar-refractivity contribution in [3.05, 3.63) is 128 Å². The highest BCUT2D eigenvalue weighted by atomic mass is 28.3. The van der Waals surface area contributed by atoms with Crippen LogP contribution in [0.2, 0.25) is 18.1 Å². The molecule has 4 atom stereocenters. The van der Waals surface area contributed by atoms with E-state index in [-0.39, 0.29) is 12.0 Å². The van der Waals surface area contributed by atoms with Gasteiger partial charge in [0.1, 0.15) is 29.4 Å². The fourth-order valence-electron chi connectivity index (χ4n) is 7.44. The molecular weight excluding hydrogens is 641 g/mol. The van der Waals surface area contributed by atoms with E-state index in [0.29, 0.717) is 28.2 Å². The molecule has 0 bridgehead atoms. The third-order valence-electron chi connectivity index (χ3n) is 11.3. The maximum Gasteiger partial charge on any atom is 0.330 e. The van der Waals surface area contributed by atoms with E-state index in [1.165, 1.54) is 10.8 Å². The molecule has 4 N–H and O–H groups in total. The zero-order valence-electron chi connectivity index (χ0n) is 29.5. The third kappa shape index (κ3) is 5.57. The van der Waals surface area contributed by atoms with Crippen molar-refractivity contribution in [2.75, 3.05) is 20.8 Å². The Morgan fingerprint density at radius 2 is 1.41 bits per heavy atom. The number of H-pyrrole nitrogens is 1. The molecule has 262 valence electrons. The summed E-state index contributed by atoms with van der Waals surface area (Å²) in [5.74, 6) is 1.21. The number of benzene rings is 3. The molecule has 2 heterocycles. The Balaban J connectivity index is 1.91. The van der Waals surface area contributed by atoms with Gasteiger partial charge in [0.25, 0.3) is 5.56 Å². The molecule has 49 heavy (non-hydrogen) atoms. The minimum absolute atomic E-state index is 0.122. The van der Waals surface area contributed by atoms with Gasteiger partial charge in [-0.2, -0.15) is 0 Å². The number of aromatic nitrogens is 2.